The molecule has 1 aromatic heterocycles. The fourth-order valence-electron chi connectivity index (χ4n) is 2.32. The van der Waals surface area contributed by atoms with Crippen LogP contribution in [0.4, 0.5) is 5.82 Å². The largest absolute Gasteiger partial charge is 0.383 e. The van der Waals surface area contributed by atoms with Crippen molar-refractivity contribution in [3.05, 3.63) is 39.5 Å². The van der Waals surface area contributed by atoms with E-state index < -0.39 is 0 Å². The van der Waals surface area contributed by atoms with Crippen molar-refractivity contribution in [2.24, 2.45) is 0 Å². The third-order valence-corrected chi connectivity index (χ3v) is 3.67. The lowest BCUT2D eigenvalue weighted by molar-refractivity contribution is 0.836. The fraction of sp³-hybridized carbons (Fsp3) is 0.333. The molecule has 2 N–H and O–H groups in total. The van der Waals surface area contributed by atoms with E-state index in [9.17, 15) is 0 Å². The summed E-state index contributed by atoms with van der Waals surface area (Å²) in [6.45, 7) is 8.25. The molecular formula is C15H18BrN3. The number of benzene rings is 1. The molecule has 4 heteroatoms. The molecular weight excluding hydrogens is 302 g/mol. The Hall–Kier alpha value is -1.42. The highest BCUT2D eigenvalue weighted by Crippen LogP contribution is 2.28. The lowest BCUT2D eigenvalue weighted by Crippen LogP contribution is -2.07. The van der Waals surface area contributed by atoms with Crippen LogP contribution in [-0.4, -0.2) is 9.97 Å². The molecule has 3 nitrogen and oxygen atoms in total. The number of nitrogen functional groups attached to an aromatic ring is 1. The van der Waals surface area contributed by atoms with Gasteiger partial charge in [0.2, 0.25) is 0 Å². The second-order valence-electron chi connectivity index (χ2n) is 5.05. The van der Waals surface area contributed by atoms with Crippen molar-refractivity contribution in [3.8, 4) is 11.4 Å². The summed E-state index contributed by atoms with van der Waals surface area (Å²) in [6.07, 6.45) is 0. The Balaban J connectivity index is 2.58. The van der Waals surface area contributed by atoms with Gasteiger partial charge in [0.15, 0.2) is 5.82 Å². The topological polar surface area (TPSA) is 51.8 Å². The zero-order chi connectivity index (χ0) is 14.2. The fourth-order valence-corrected chi connectivity index (χ4v) is 2.79. The molecule has 2 rings (SSSR count). The van der Waals surface area contributed by atoms with Crippen LogP contribution < -0.4 is 5.73 Å². The predicted octanol–water partition coefficient (Wildman–Crippen LogP) is 4.23. The van der Waals surface area contributed by atoms with Crippen molar-refractivity contribution >= 4 is 21.7 Å². The average molecular weight is 320 g/mol. The molecule has 0 atom stereocenters. The van der Waals surface area contributed by atoms with Gasteiger partial charge in [-0.15, -0.1) is 0 Å². The van der Waals surface area contributed by atoms with E-state index in [0.717, 1.165) is 26.9 Å². The van der Waals surface area contributed by atoms with Gasteiger partial charge in [-0.3, -0.25) is 0 Å². The van der Waals surface area contributed by atoms with Crippen LogP contribution in [0.5, 0.6) is 0 Å². The van der Waals surface area contributed by atoms with Crippen molar-refractivity contribution in [2.75, 3.05) is 5.73 Å². The predicted molar refractivity (Wildman–Crippen MR) is 83.1 cm³/mol. The maximum absolute atomic E-state index is 6.08. The van der Waals surface area contributed by atoms with Gasteiger partial charge in [-0.1, -0.05) is 29.8 Å². The lowest BCUT2D eigenvalue weighted by Gasteiger charge is -2.14. The Morgan fingerprint density at radius 2 is 1.84 bits per heavy atom. The molecule has 19 heavy (non-hydrogen) atoms. The molecule has 1 heterocycles. The van der Waals surface area contributed by atoms with Gasteiger partial charge < -0.3 is 5.73 Å². The van der Waals surface area contributed by atoms with E-state index in [1.165, 1.54) is 0 Å². The molecule has 1 aromatic carbocycles. The molecule has 0 aliphatic rings. The van der Waals surface area contributed by atoms with Gasteiger partial charge in [0, 0.05) is 21.3 Å². The van der Waals surface area contributed by atoms with Gasteiger partial charge in [-0.25, -0.2) is 9.97 Å². The molecule has 0 saturated carbocycles. The number of hydrogen-bond acceptors (Lipinski definition) is 3. The van der Waals surface area contributed by atoms with Gasteiger partial charge in [0.25, 0.3) is 0 Å². The number of halogens is 1. The van der Waals surface area contributed by atoms with Crippen molar-refractivity contribution in [1.82, 2.24) is 9.97 Å². The number of aryl methyl sites for hydroxylation is 2. The molecule has 0 saturated heterocycles. The molecule has 2 aromatic rings. The molecule has 0 unspecified atom stereocenters. The molecule has 0 aliphatic heterocycles. The van der Waals surface area contributed by atoms with E-state index in [1.54, 1.807) is 0 Å². The highest BCUT2D eigenvalue weighted by molar-refractivity contribution is 9.10. The minimum absolute atomic E-state index is 0.333. The SMILES string of the molecule is Cc1cc(Br)ccc1-c1nc(C)c(C(C)C)c(N)n1. The van der Waals surface area contributed by atoms with Crippen LogP contribution in [0.3, 0.4) is 0 Å². The summed E-state index contributed by atoms with van der Waals surface area (Å²) in [5.41, 5.74) is 10.2. The second-order valence-corrected chi connectivity index (χ2v) is 5.96. The molecule has 0 amide bonds. The first kappa shape index (κ1) is 14.0. The van der Waals surface area contributed by atoms with Crippen LogP contribution in [0, 0.1) is 13.8 Å². The molecule has 0 bridgehead atoms. The molecule has 0 fully saturated rings. The number of hydrogen-bond donors (Lipinski definition) is 1. The highest BCUT2D eigenvalue weighted by Gasteiger charge is 2.14. The second kappa shape index (κ2) is 5.29. The molecule has 100 valence electrons. The van der Waals surface area contributed by atoms with Crippen LogP contribution >= 0.6 is 15.9 Å². The number of nitrogens with two attached hydrogens (primary N) is 1. The Labute approximate surface area is 122 Å². The Kier molecular flexibility index (Phi) is 3.90. The Morgan fingerprint density at radius 3 is 2.37 bits per heavy atom. The van der Waals surface area contributed by atoms with Crippen LogP contribution in [0.2, 0.25) is 0 Å². The Morgan fingerprint density at radius 1 is 1.16 bits per heavy atom. The number of anilines is 1. The van der Waals surface area contributed by atoms with E-state index in [1.807, 2.05) is 26.0 Å². The van der Waals surface area contributed by atoms with E-state index in [-0.39, 0.29) is 0 Å². The first-order valence-electron chi connectivity index (χ1n) is 6.30. The van der Waals surface area contributed by atoms with Gasteiger partial charge in [0.05, 0.1) is 0 Å². The summed E-state index contributed by atoms with van der Waals surface area (Å²) in [4.78, 5) is 9.08. The minimum atomic E-state index is 0.333. The molecule has 0 aliphatic carbocycles. The van der Waals surface area contributed by atoms with Crippen LogP contribution in [0.25, 0.3) is 11.4 Å². The van der Waals surface area contributed by atoms with Crippen LogP contribution in [0.15, 0.2) is 22.7 Å². The van der Waals surface area contributed by atoms with Crippen molar-refractivity contribution in [3.63, 3.8) is 0 Å². The van der Waals surface area contributed by atoms with Crippen LogP contribution in [-0.2, 0) is 0 Å². The van der Waals surface area contributed by atoms with Gasteiger partial charge in [0.1, 0.15) is 5.82 Å². The monoisotopic (exact) mass is 319 g/mol. The standard InChI is InChI=1S/C15H18BrN3/c1-8(2)13-10(4)18-15(19-14(13)17)12-6-5-11(16)7-9(12)3/h5-8H,1-4H3,(H2,17,18,19). The van der Waals surface area contributed by atoms with Gasteiger partial charge in [-0.05, 0) is 43.5 Å². The lowest BCUT2D eigenvalue weighted by atomic mass is 10.0. The maximum atomic E-state index is 6.08. The summed E-state index contributed by atoms with van der Waals surface area (Å²) in [5.74, 6) is 1.62. The van der Waals surface area contributed by atoms with Gasteiger partial charge in [-0.2, -0.15) is 0 Å². The minimum Gasteiger partial charge on any atom is -0.383 e. The number of nitrogens with zero attached hydrogens (tertiary/aromatic N) is 2. The average Bonchev–Trinajstić information content (AvgIpc) is 2.26. The number of rotatable bonds is 2. The summed E-state index contributed by atoms with van der Waals surface area (Å²) >= 11 is 3.46. The van der Waals surface area contributed by atoms with E-state index in [0.29, 0.717) is 17.6 Å². The molecule has 0 radical (unpaired) electrons. The third kappa shape index (κ3) is 2.78. The van der Waals surface area contributed by atoms with E-state index in [4.69, 9.17) is 5.73 Å². The van der Waals surface area contributed by atoms with Gasteiger partial charge >= 0.3 is 0 Å². The van der Waals surface area contributed by atoms with Crippen molar-refractivity contribution in [1.29, 1.82) is 0 Å². The Bertz CT molecular complexity index is 598. The number of aromatic nitrogens is 2. The normalized spacial score (nSPS) is 11.1. The summed E-state index contributed by atoms with van der Waals surface area (Å²) in [7, 11) is 0. The third-order valence-electron chi connectivity index (χ3n) is 3.17. The van der Waals surface area contributed by atoms with Crippen LogP contribution in [0.1, 0.15) is 36.6 Å². The first-order chi connectivity index (χ1) is 8.90. The van der Waals surface area contributed by atoms with E-state index >= 15 is 0 Å². The van der Waals surface area contributed by atoms with Crippen molar-refractivity contribution in [2.45, 2.75) is 33.6 Å². The smallest absolute Gasteiger partial charge is 0.162 e. The first-order valence-corrected chi connectivity index (χ1v) is 7.10. The van der Waals surface area contributed by atoms with E-state index in [2.05, 4.69) is 45.8 Å². The molecule has 0 spiro atoms. The highest BCUT2D eigenvalue weighted by atomic mass is 79.9. The maximum Gasteiger partial charge on any atom is 0.162 e. The zero-order valence-corrected chi connectivity index (χ0v) is 13.2. The quantitative estimate of drug-likeness (QED) is 0.901. The summed E-state index contributed by atoms with van der Waals surface area (Å²) < 4.78 is 1.05. The zero-order valence-electron chi connectivity index (χ0n) is 11.7. The van der Waals surface area contributed by atoms with Crippen molar-refractivity contribution < 1.29 is 0 Å². The summed E-state index contributed by atoms with van der Waals surface area (Å²) in [5, 5.41) is 0. The summed E-state index contributed by atoms with van der Waals surface area (Å²) in [6, 6.07) is 6.07.